The first-order valence-corrected chi connectivity index (χ1v) is 10.9. The number of benzene rings is 1. The second-order valence-corrected chi connectivity index (χ2v) is 9.41. The van der Waals surface area contributed by atoms with Gasteiger partial charge in [-0.15, -0.1) is 11.3 Å². The molecule has 1 atom stereocenters. The van der Waals surface area contributed by atoms with Crippen LogP contribution < -0.4 is 5.32 Å². The fourth-order valence-corrected chi connectivity index (χ4v) is 4.31. The molecule has 0 aliphatic rings. The van der Waals surface area contributed by atoms with Gasteiger partial charge in [-0.3, -0.25) is 9.48 Å². The highest BCUT2D eigenvalue weighted by molar-refractivity contribution is 7.12. The quantitative estimate of drug-likeness (QED) is 0.581. The highest BCUT2D eigenvalue weighted by Gasteiger charge is 2.30. The first kappa shape index (κ1) is 22.6. The molecule has 8 heteroatoms. The molecule has 2 N–H and O–H groups in total. The smallest absolute Gasteiger partial charge is 0.407 e. The van der Waals surface area contributed by atoms with Crippen molar-refractivity contribution in [2.45, 2.75) is 39.3 Å². The van der Waals surface area contributed by atoms with Crippen LogP contribution in [0.2, 0.25) is 0 Å². The van der Waals surface area contributed by atoms with E-state index in [0.717, 1.165) is 22.4 Å². The van der Waals surface area contributed by atoms with Crippen molar-refractivity contribution in [3.8, 4) is 11.3 Å². The van der Waals surface area contributed by atoms with Crippen molar-refractivity contribution in [2.24, 2.45) is 7.05 Å². The lowest BCUT2D eigenvalue weighted by molar-refractivity contribution is 0.0824. The molecule has 3 rings (SSSR count). The number of carbonyl (C=O) groups excluding carboxylic acids is 1. The average molecular weight is 441 g/mol. The Hall–Kier alpha value is -3.13. The van der Waals surface area contributed by atoms with Gasteiger partial charge in [-0.2, -0.15) is 5.10 Å². The van der Waals surface area contributed by atoms with Gasteiger partial charge in [0.25, 0.3) is 5.91 Å². The van der Waals surface area contributed by atoms with Crippen molar-refractivity contribution in [3.05, 3.63) is 64.0 Å². The summed E-state index contributed by atoms with van der Waals surface area (Å²) in [4.78, 5) is 26.9. The van der Waals surface area contributed by atoms with Crippen molar-refractivity contribution in [2.75, 3.05) is 6.54 Å². The van der Waals surface area contributed by atoms with Crippen LogP contribution in [0.1, 0.15) is 47.6 Å². The number of thiophene rings is 1. The lowest BCUT2D eigenvalue weighted by atomic mass is 10.0. The number of aromatic nitrogens is 2. The lowest BCUT2D eigenvalue weighted by Gasteiger charge is -2.36. The summed E-state index contributed by atoms with van der Waals surface area (Å²) in [6.07, 6.45) is 0.776. The van der Waals surface area contributed by atoms with Crippen molar-refractivity contribution in [1.82, 2.24) is 20.0 Å². The lowest BCUT2D eigenvalue weighted by Crippen LogP contribution is -2.49. The molecule has 0 spiro atoms. The molecule has 31 heavy (non-hydrogen) atoms. The zero-order chi connectivity index (χ0) is 22.8. The van der Waals surface area contributed by atoms with Gasteiger partial charge in [-0.25, -0.2) is 4.79 Å². The summed E-state index contributed by atoms with van der Waals surface area (Å²) in [5, 5.41) is 19.0. The van der Waals surface area contributed by atoms with E-state index in [0.29, 0.717) is 4.88 Å². The van der Waals surface area contributed by atoms with Crippen molar-refractivity contribution >= 4 is 23.3 Å². The first-order chi connectivity index (χ1) is 14.6. The second kappa shape index (κ2) is 8.93. The number of nitrogens with one attached hydrogen (secondary N) is 1. The topological polar surface area (TPSA) is 87.5 Å². The summed E-state index contributed by atoms with van der Waals surface area (Å²) < 4.78 is 1.79. The van der Waals surface area contributed by atoms with Crippen molar-refractivity contribution < 1.29 is 14.7 Å². The molecule has 164 valence electrons. The number of hydrogen-bond donors (Lipinski definition) is 2. The van der Waals surface area contributed by atoms with E-state index in [1.807, 2.05) is 76.5 Å². The first-order valence-electron chi connectivity index (χ1n) is 10.0. The Kier molecular flexibility index (Phi) is 6.50. The van der Waals surface area contributed by atoms with Gasteiger partial charge in [0.1, 0.15) is 0 Å². The van der Waals surface area contributed by atoms with Crippen molar-refractivity contribution in [3.63, 3.8) is 0 Å². The third kappa shape index (κ3) is 5.14. The normalized spacial score (nSPS) is 12.4. The van der Waals surface area contributed by atoms with Crippen LogP contribution in [-0.2, 0) is 7.05 Å². The molecule has 7 nitrogen and oxygen atoms in total. The highest BCUT2D eigenvalue weighted by Crippen LogP contribution is 2.28. The zero-order valence-electron chi connectivity index (χ0n) is 18.4. The molecule has 0 aliphatic carbocycles. The molecule has 0 aliphatic heterocycles. The van der Waals surface area contributed by atoms with Crippen molar-refractivity contribution in [1.29, 1.82) is 0 Å². The Balaban J connectivity index is 1.86. The molecule has 2 amide bonds. The molecule has 0 saturated carbocycles. The van der Waals surface area contributed by atoms with Gasteiger partial charge in [0, 0.05) is 30.1 Å². The Labute approximate surface area is 186 Å². The Morgan fingerprint density at radius 1 is 1.26 bits per heavy atom. The van der Waals surface area contributed by atoms with Gasteiger partial charge in [0.05, 0.1) is 22.8 Å². The third-order valence-corrected chi connectivity index (χ3v) is 6.06. The predicted molar refractivity (Wildman–Crippen MR) is 122 cm³/mol. The van der Waals surface area contributed by atoms with Crippen LogP contribution in [0.4, 0.5) is 4.79 Å². The average Bonchev–Trinajstić information content (AvgIpc) is 3.30. The summed E-state index contributed by atoms with van der Waals surface area (Å²) >= 11 is 1.36. The monoisotopic (exact) mass is 440 g/mol. The molecule has 0 fully saturated rings. The SMILES string of the molecule is Cc1cnn(C)c1-c1csc(C(=O)N[C@H](CN(C(=O)O)C(C)(C)C)c2ccccc2)c1. The fraction of sp³-hybridized carbons (Fsp3) is 0.348. The van der Waals surface area contributed by atoms with Gasteiger partial charge in [0.15, 0.2) is 0 Å². The summed E-state index contributed by atoms with van der Waals surface area (Å²) in [6.45, 7) is 7.65. The maximum absolute atomic E-state index is 13.1. The maximum atomic E-state index is 13.1. The molecule has 3 aromatic rings. The molecular weight excluding hydrogens is 412 g/mol. The molecule has 2 heterocycles. The standard InChI is InChI=1S/C23H28N4O3S/c1-15-12-24-26(5)20(15)17-11-19(31-14-17)21(28)25-18(16-9-7-6-8-10-16)13-27(22(29)30)23(2,3)4/h6-12,14,18H,13H2,1-5H3,(H,25,28)(H,29,30)/t18-/m1/s1. The van der Waals surface area contributed by atoms with E-state index in [2.05, 4.69) is 10.4 Å². The van der Waals surface area contributed by atoms with E-state index in [-0.39, 0.29) is 12.5 Å². The van der Waals surface area contributed by atoms with Gasteiger partial charge in [0.2, 0.25) is 0 Å². The number of carbonyl (C=O) groups is 2. The Morgan fingerprint density at radius 3 is 2.48 bits per heavy atom. The van der Waals surface area contributed by atoms with Crippen LogP contribution in [0.3, 0.4) is 0 Å². The minimum Gasteiger partial charge on any atom is -0.465 e. The van der Waals surface area contributed by atoms with Crippen LogP contribution in [0.15, 0.2) is 48.0 Å². The zero-order valence-corrected chi connectivity index (χ0v) is 19.2. The number of rotatable bonds is 6. The Bertz CT molecular complexity index is 1050. The third-order valence-electron chi connectivity index (χ3n) is 5.13. The van der Waals surface area contributed by atoms with E-state index in [9.17, 15) is 14.7 Å². The molecule has 1 aromatic carbocycles. The molecule has 0 unspecified atom stereocenters. The molecule has 0 bridgehead atoms. The van der Waals surface area contributed by atoms with Crippen LogP contribution in [0.5, 0.6) is 0 Å². The molecule has 2 aromatic heterocycles. The summed E-state index contributed by atoms with van der Waals surface area (Å²) in [7, 11) is 1.87. The Morgan fingerprint density at radius 2 is 1.94 bits per heavy atom. The van der Waals surface area contributed by atoms with E-state index in [1.165, 1.54) is 16.2 Å². The van der Waals surface area contributed by atoms with Crippen LogP contribution in [0, 0.1) is 6.92 Å². The molecule has 0 saturated heterocycles. The van der Waals surface area contributed by atoms with E-state index in [4.69, 9.17) is 0 Å². The number of hydrogen-bond acceptors (Lipinski definition) is 4. The number of carboxylic acid groups (broad SMARTS) is 1. The predicted octanol–water partition coefficient (Wildman–Crippen LogP) is 4.71. The second-order valence-electron chi connectivity index (χ2n) is 8.50. The summed E-state index contributed by atoms with van der Waals surface area (Å²) in [5.41, 5.74) is 3.20. The fourth-order valence-electron chi connectivity index (χ4n) is 3.51. The number of aryl methyl sites for hydroxylation is 2. The van der Waals surface area contributed by atoms with E-state index >= 15 is 0 Å². The van der Waals surface area contributed by atoms with E-state index in [1.54, 1.807) is 10.9 Å². The highest BCUT2D eigenvalue weighted by atomic mass is 32.1. The van der Waals surface area contributed by atoms with Gasteiger partial charge < -0.3 is 15.3 Å². The molecule has 0 radical (unpaired) electrons. The van der Waals surface area contributed by atoms with Crippen LogP contribution >= 0.6 is 11.3 Å². The largest absolute Gasteiger partial charge is 0.465 e. The van der Waals surface area contributed by atoms with Gasteiger partial charge in [-0.1, -0.05) is 30.3 Å². The molecular formula is C23H28N4O3S. The van der Waals surface area contributed by atoms with E-state index < -0.39 is 17.7 Å². The van der Waals surface area contributed by atoms with Crippen LogP contribution in [-0.4, -0.2) is 43.9 Å². The van der Waals surface area contributed by atoms with Crippen LogP contribution in [0.25, 0.3) is 11.3 Å². The summed E-state index contributed by atoms with van der Waals surface area (Å²) in [5.74, 6) is -0.232. The van der Waals surface area contributed by atoms with Gasteiger partial charge >= 0.3 is 6.09 Å². The minimum absolute atomic E-state index is 0.146. The minimum atomic E-state index is -1.02. The van der Waals surface area contributed by atoms with Gasteiger partial charge in [-0.05, 0) is 44.9 Å². The maximum Gasteiger partial charge on any atom is 0.407 e. The number of amides is 2. The number of nitrogens with zero attached hydrogens (tertiary/aromatic N) is 3. The summed E-state index contributed by atoms with van der Waals surface area (Å²) in [6, 6.07) is 10.8.